The normalized spacial score (nSPS) is 26.6. The number of anilines is 1. The van der Waals surface area contributed by atoms with Gasteiger partial charge in [-0.15, -0.1) is 0 Å². The highest BCUT2D eigenvalue weighted by Crippen LogP contribution is 2.41. The number of nitro groups is 1. The summed E-state index contributed by atoms with van der Waals surface area (Å²) >= 11 is 0. The topological polar surface area (TPSA) is 49.6 Å². The number of nitrogens with zero attached hydrogens (tertiary/aromatic N) is 3. The Bertz CT molecular complexity index is 502. The predicted molar refractivity (Wildman–Crippen MR) is 79.1 cm³/mol. The van der Waals surface area contributed by atoms with Gasteiger partial charge in [0.1, 0.15) is 0 Å². The molecule has 0 aromatic heterocycles. The van der Waals surface area contributed by atoms with Crippen molar-refractivity contribution in [2.75, 3.05) is 37.6 Å². The summed E-state index contributed by atoms with van der Waals surface area (Å²) in [6, 6.07) is 6.97. The first-order valence-corrected chi connectivity index (χ1v) is 7.34. The minimum atomic E-state index is -0.342. The van der Waals surface area contributed by atoms with Crippen molar-refractivity contribution in [3.8, 4) is 0 Å². The molecule has 2 saturated heterocycles. The minimum absolute atomic E-state index is 0.167. The van der Waals surface area contributed by atoms with Crippen LogP contribution in [0.4, 0.5) is 11.4 Å². The summed E-state index contributed by atoms with van der Waals surface area (Å²) in [5.74, 6) is 0. The lowest BCUT2D eigenvalue weighted by atomic mass is 9.86. The third-order valence-corrected chi connectivity index (χ3v) is 4.83. The van der Waals surface area contributed by atoms with E-state index in [1.165, 1.54) is 25.9 Å². The van der Waals surface area contributed by atoms with Crippen LogP contribution in [0.1, 0.15) is 19.8 Å². The molecule has 108 valence electrons. The Morgan fingerprint density at radius 3 is 2.50 bits per heavy atom. The van der Waals surface area contributed by atoms with E-state index in [4.69, 9.17) is 0 Å². The van der Waals surface area contributed by atoms with Crippen LogP contribution in [0, 0.1) is 15.5 Å². The van der Waals surface area contributed by atoms with Gasteiger partial charge in [0, 0.05) is 42.9 Å². The molecule has 1 spiro atoms. The molecule has 0 amide bonds. The SMILES string of the molecule is CCN1CC[C@@]2(CCN(c3ccc([N+](=O)[O-])cc3)C2)C1. The maximum Gasteiger partial charge on any atom is 0.269 e. The average molecular weight is 275 g/mol. The molecular weight excluding hydrogens is 254 g/mol. The highest BCUT2D eigenvalue weighted by atomic mass is 16.6. The summed E-state index contributed by atoms with van der Waals surface area (Å²) in [6.45, 7) is 7.93. The van der Waals surface area contributed by atoms with Crippen molar-refractivity contribution in [1.29, 1.82) is 0 Å². The third kappa shape index (κ3) is 2.38. The van der Waals surface area contributed by atoms with Crippen LogP contribution in [0.25, 0.3) is 0 Å². The fourth-order valence-electron chi connectivity index (χ4n) is 3.57. The fraction of sp³-hybridized carbons (Fsp3) is 0.600. The molecule has 2 aliphatic heterocycles. The summed E-state index contributed by atoms with van der Waals surface area (Å²) < 4.78 is 0. The number of benzene rings is 1. The minimum Gasteiger partial charge on any atom is -0.371 e. The van der Waals surface area contributed by atoms with Crippen LogP contribution in [-0.2, 0) is 0 Å². The monoisotopic (exact) mass is 275 g/mol. The van der Waals surface area contributed by atoms with E-state index in [0.29, 0.717) is 5.41 Å². The van der Waals surface area contributed by atoms with Gasteiger partial charge >= 0.3 is 0 Å². The largest absolute Gasteiger partial charge is 0.371 e. The lowest BCUT2D eigenvalue weighted by Gasteiger charge is -2.25. The second-order valence-electron chi connectivity index (χ2n) is 6.06. The number of rotatable bonds is 3. The molecule has 1 aromatic rings. The van der Waals surface area contributed by atoms with E-state index in [1.807, 2.05) is 12.1 Å². The Kier molecular flexibility index (Phi) is 3.38. The first kappa shape index (κ1) is 13.4. The standard InChI is InChI=1S/C15H21N3O2/c1-2-16-9-7-15(11-16)8-10-17(12-15)13-3-5-14(6-4-13)18(19)20/h3-6H,2,7-12H2,1H3/t15-/m1/s1. The molecule has 2 heterocycles. The highest BCUT2D eigenvalue weighted by molar-refractivity contribution is 5.52. The molecule has 0 unspecified atom stereocenters. The molecule has 5 nitrogen and oxygen atoms in total. The molecule has 5 heteroatoms. The number of hydrogen-bond donors (Lipinski definition) is 0. The third-order valence-electron chi connectivity index (χ3n) is 4.83. The highest BCUT2D eigenvalue weighted by Gasteiger charge is 2.42. The van der Waals surface area contributed by atoms with Gasteiger partial charge in [0.2, 0.25) is 0 Å². The van der Waals surface area contributed by atoms with E-state index < -0.39 is 0 Å². The summed E-state index contributed by atoms with van der Waals surface area (Å²) in [4.78, 5) is 15.3. The van der Waals surface area contributed by atoms with Gasteiger partial charge in [-0.1, -0.05) is 6.92 Å². The second kappa shape index (κ2) is 5.05. The molecule has 20 heavy (non-hydrogen) atoms. The van der Waals surface area contributed by atoms with Crippen LogP contribution in [0.3, 0.4) is 0 Å². The van der Waals surface area contributed by atoms with E-state index >= 15 is 0 Å². The Morgan fingerprint density at radius 2 is 1.90 bits per heavy atom. The fourth-order valence-corrected chi connectivity index (χ4v) is 3.57. The first-order valence-electron chi connectivity index (χ1n) is 7.34. The van der Waals surface area contributed by atoms with Crippen LogP contribution < -0.4 is 4.90 Å². The number of likely N-dealkylation sites (tertiary alicyclic amines) is 1. The van der Waals surface area contributed by atoms with Crippen molar-refractivity contribution >= 4 is 11.4 Å². The maximum atomic E-state index is 10.7. The number of nitro benzene ring substituents is 1. The van der Waals surface area contributed by atoms with Crippen LogP contribution in [0.5, 0.6) is 0 Å². The Hall–Kier alpha value is -1.62. The summed E-state index contributed by atoms with van der Waals surface area (Å²) in [6.07, 6.45) is 2.52. The Balaban J connectivity index is 1.69. The van der Waals surface area contributed by atoms with Crippen molar-refractivity contribution < 1.29 is 4.92 Å². The van der Waals surface area contributed by atoms with Gasteiger partial charge in [0.05, 0.1) is 4.92 Å². The number of non-ortho nitro benzene ring substituents is 1. The van der Waals surface area contributed by atoms with E-state index in [-0.39, 0.29) is 10.6 Å². The lowest BCUT2D eigenvalue weighted by molar-refractivity contribution is -0.384. The Labute approximate surface area is 119 Å². The van der Waals surface area contributed by atoms with Crippen molar-refractivity contribution in [3.63, 3.8) is 0 Å². The molecule has 0 N–H and O–H groups in total. The number of hydrogen-bond acceptors (Lipinski definition) is 4. The zero-order chi connectivity index (χ0) is 14.2. The zero-order valence-electron chi connectivity index (χ0n) is 11.9. The quantitative estimate of drug-likeness (QED) is 0.628. The van der Waals surface area contributed by atoms with Gasteiger partial charge < -0.3 is 9.80 Å². The average Bonchev–Trinajstić information content (AvgIpc) is 3.07. The van der Waals surface area contributed by atoms with Crippen LogP contribution in [0.2, 0.25) is 0 Å². The van der Waals surface area contributed by atoms with Crippen LogP contribution in [-0.4, -0.2) is 42.5 Å². The van der Waals surface area contributed by atoms with Crippen molar-refractivity contribution in [1.82, 2.24) is 4.90 Å². The van der Waals surface area contributed by atoms with Crippen molar-refractivity contribution in [2.45, 2.75) is 19.8 Å². The summed E-state index contributed by atoms with van der Waals surface area (Å²) in [7, 11) is 0. The Morgan fingerprint density at radius 1 is 1.20 bits per heavy atom. The molecule has 0 bridgehead atoms. The van der Waals surface area contributed by atoms with Crippen molar-refractivity contribution in [2.24, 2.45) is 5.41 Å². The smallest absolute Gasteiger partial charge is 0.269 e. The maximum absolute atomic E-state index is 10.7. The van der Waals surface area contributed by atoms with Gasteiger partial charge in [-0.3, -0.25) is 10.1 Å². The molecule has 0 radical (unpaired) electrons. The summed E-state index contributed by atoms with van der Waals surface area (Å²) in [5, 5.41) is 10.7. The zero-order valence-corrected chi connectivity index (χ0v) is 11.9. The van der Waals surface area contributed by atoms with Gasteiger partial charge in [0.15, 0.2) is 0 Å². The van der Waals surface area contributed by atoms with Gasteiger partial charge in [0.25, 0.3) is 5.69 Å². The molecule has 0 aliphatic carbocycles. The second-order valence-corrected chi connectivity index (χ2v) is 6.06. The lowest BCUT2D eigenvalue weighted by Crippen LogP contribution is -2.30. The van der Waals surface area contributed by atoms with Gasteiger partial charge in [-0.2, -0.15) is 0 Å². The van der Waals surface area contributed by atoms with Crippen molar-refractivity contribution in [3.05, 3.63) is 34.4 Å². The van der Waals surface area contributed by atoms with E-state index in [0.717, 1.165) is 25.3 Å². The van der Waals surface area contributed by atoms with Gasteiger partial charge in [-0.05, 0) is 38.1 Å². The molecule has 2 aliphatic rings. The van der Waals surface area contributed by atoms with Gasteiger partial charge in [-0.25, -0.2) is 0 Å². The van der Waals surface area contributed by atoms with E-state index in [2.05, 4.69) is 16.7 Å². The summed E-state index contributed by atoms with van der Waals surface area (Å²) in [5.41, 5.74) is 1.72. The molecular formula is C15H21N3O2. The molecule has 1 atom stereocenters. The molecule has 1 aromatic carbocycles. The molecule has 2 fully saturated rings. The van der Waals surface area contributed by atoms with E-state index in [1.54, 1.807) is 12.1 Å². The molecule has 3 rings (SSSR count). The van der Waals surface area contributed by atoms with E-state index in [9.17, 15) is 10.1 Å². The van der Waals surface area contributed by atoms with Crippen LogP contribution >= 0.6 is 0 Å². The van der Waals surface area contributed by atoms with Crippen LogP contribution in [0.15, 0.2) is 24.3 Å². The first-order chi connectivity index (χ1) is 9.62. The molecule has 0 saturated carbocycles. The predicted octanol–water partition coefficient (Wildman–Crippen LogP) is 2.52.